The van der Waals surface area contributed by atoms with E-state index in [4.69, 9.17) is 0 Å². The molecule has 0 aromatic rings. The van der Waals surface area contributed by atoms with Crippen LogP contribution >= 0.6 is 0 Å². The Kier molecular flexibility index (Phi) is 18.1. The molecule has 0 rings (SSSR count). The van der Waals surface area contributed by atoms with Gasteiger partial charge in [0.2, 0.25) is 35.4 Å². The van der Waals surface area contributed by atoms with Crippen molar-refractivity contribution < 1.29 is 45.8 Å². The number of nitrogens with one attached hydrogen (secondary N) is 3. The molecule has 0 aromatic carbocycles. The van der Waals surface area contributed by atoms with Crippen molar-refractivity contribution in [2.45, 2.75) is 59.7 Å². The fourth-order valence-corrected chi connectivity index (χ4v) is 2.93. The number of hydrogen-bond acceptors (Lipinski definition) is 10. The Bertz CT molecular complexity index is 728. The third kappa shape index (κ3) is 13.1. The third-order valence-electron chi connectivity index (χ3n) is 5.31. The van der Waals surface area contributed by atoms with Crippen LogP contribution in [0.4, 0.5) is 0 Å². The molecule has 0 aliphatic carbocycles. The quantitative estimate of drug-likeness (QED) is 0.139. The molecule has 38 heavy (non-hydrogen) atoms. The van der Waals surface area contributed by atoms with Gasteiger partial charge >= 0.3 is 17.1 Å². The largest absolute Gasteiger partial charge is 3.00 e. The maximum absolute atomic E-state index is 12.1. The summed E-state index contributed by atoms with van der Waals surface area (Å²) < 4.78 is 0. The molecular weight excluding hydrogens is 550 g/mol. The van der Waals surface area contributed by atoms with Gasteiger partial charge in [-0.1, -0.05) is 0 Å². The molecule has 0 spiro atoms. The average molecular weight is 586 g/mol. The molecule has 0 aromatic heterocycles. The van der Waals surface area contributed by atoms with Gasteiger partial charge < -0.3 is 46.8 Å². The first-order valence-corrected chi connectivity index (χ1v) is 11.6. The van der Waals surface area contributed by atoms with Gasteiger partial charge in [-0.15, -0.1) is 0 Å². The van der Waals surface area contributed by atoms with Gasteiger partial charge in [-0.25, -0.2) is 0 Å². The summed E-state index contributed by atoms with van der Waals surface area (Å²) in [7, 11) is 0. The molecule has 3 N–H and O–H groups in total. The zero-order valence-corrected chi connectivity index (χ0v) is 23.4. The SMILES string of the molecule is CC(=O)N([O-])[C@H](C)C(=O)NCCN(CCNC(=O)[C@@H](C)N([O-])C(C)=O)CCNC(=O)[C@@H](C)N([O-])C(C)=O.[Fe+3]. The zero-order valence-electron chi connectivity index (χ0n) is 22.3. The summed E-state index contributed by atoms with van der Waals surface area (Å²) in [6.07, 6.45) is 0. The summed E-state index contributed by atoms with van der Waals surface area (Å²) >= 11 is 0. The number of amides is 6. The maximum Gasteiger partial charge on any atom is 3.00 e. The molecule has 6 amide bonds. The van der Waals surface area contributed by atoms with E-state index in [0.717, 1.165) is 20.8 Å². The molecule has 3 atom stereocenters. The van der Waals surface area contributed by atoms with E-state index < -0.39 is 53.6 Å². The molecule has 1 radical (unpaired) electrons. The van der Waals surface area contributed by atoms with Crippen molar-refractivity contribution in [1.82, 2.24) is 36.0 Å². The molecule has 16 nitrogen and oxygen atoms in total. The summed E-state index contributed by atoms with van der Waals surface area (Å²) in [4.78, 5) is 71.5. The van der Waals surface area contributed by atoms with Crippen molar-refractivity contribution in [3.63, 3.8) is 0 Å². The minimum absolute atomic E-state index is 0. The Balaban J connectivity index is 0. The minimum Gasteiger partial charge on any atom is -0.756 e. The van der Waals surface area contributed by atoms with Crippen LogP contribution in [0.25, 0.3) is 0 Å². The summed E-state index contributed by atoms with van der Waals surface area (Å²) in [6, 6.07) is -3.71. The molecule has 217 valence electrons. The summed E-state index contributed by atoms with van der Waals surface area (Å²) in [5.74, 6) is -4.47. The van der Waals surface area contributed by atoms with Crippen molar-refractivity contribution in [2.75, 3.05) is 39.3 Å². The van der Waals surface area contributed by atoms with E-state index in [1.807, 2.05) is 0 Å². The minimum atomic E-state index is -1.24. The van der Waals surface area contributed by atoms with Crippen LogP contribution in [-0.2, 0) is 45.8 Å². The van der Waals surface area contributed by atoms with E-state index in [1.165, 1.54) is 20.8 Å². The predicted octanol–water partition coefficient (Wildman–Crippen LogP) is -2.16. The van der Waals surface area contributed by atoms with Gasteiger partial charge in [-0.3, -0.25) is 33.7 Å². The maximum atomic E-state index is 12.1. The first-order valence-electron chi connectivity index (χ1n) is 11.6. The monoisotopic (exact) mass is 586 g/mol. The van der Waals surface area contributed by atoms with Crippen LogP contribution in [-0.4, -0.2) is 113 Å². The number of carbonyl (C=O) groups is 6. The Labute approximate surface area is 232 Å². The van der Waals surface area contributed by atoms with Gasteiger partial charge in [0.1, 0.15) is 0 Å². The topological polar surface area (TPSA) is 221 Å². The van der Waals surface area contributed by atoms with Gasteiger partial charge in [-0.2, -0.15) is 0 Å². The smallest absolute Gasteiger partial charge is 0.756 e. The Hall–Kier alpha value is -2.82. The van der Waals surface area contributed by atoms with Crippen LogP contribution < -0.4 is 16.0 Å². The fourth-order valence-electron chi connectivity index (χ4n) is 2.93. The van der Waals surface area contributed by atoms with Gasteiger partial charge in [-0.05, 0) is 20.8 Å². The molecule has 0 aliphatic rings. The fraction of sp³-hybridized carbons (Fsp3) is 0.714. The van der Waals surface area contributed by atoms with Gasteiger partial charge in [0.15, 0.2) is 0 Å². The Morgan fingerprint density at radius 1 is 0.553 bits per heavy atom. The van der Waals surface area contributed by atoms with E-state index >= 15 is 0 Å². The number of nitrogens with zero attached hydrogens (tertiary/aromatic N) is 4. The molecule has 0 heterocycles. The molecule has 0 fully saturated rings. The second kappa shape index (κ2) is 18.4. The third-order valence-corrected chi connectivity index (χ3v) is 5.31. The van der Waals surface area contributed by atoms with E-state index in [-0.39, 0.29) is 71.5 Å². The zero-order chi connectivity index (χ0) is 28.9. The van der Waals surface area contributed by atoms with Crippen LogP contribution in [0.5, 0.6) is 0 Å². The number of rotatable bonds is 15. The van der Waals surface area contributed by atoms with E-state index in [9.17, 15) is 44.4 Å². The van der Waals surface area contributed by atoms with E-state index in [0.29, 0.717) is 0 Å². The first kappa shape index (κ1) is 37.3. The van der Waals surface area contributed by atoms with Gasteiger partial charge in [0.05, 0.1) is 18.1 Å². The second-order valence-electron chi connectivity index (χ2n) is 8.28. The van der Waals surface area contributed by atoms with Crippen LogP contribution in [0, 0.1) is 15.6 Å². The van der Waals surface area contributed by atoms with E-state index in [1.54, 1.807) is 4.90 Å². The van der Waals surface area contributed by atoms with Crippen molar-refractivity contribution in [3.05, 3.63) is 15.6 Å². The van der Waals surface area contributed by atoms with Crippen LogP contribution in [0.15, 0.2) is 0 Å². The molecule has 0 saturated carbocycles. The molecule has 17 heteroatoms. The van der Waals surface area contributed by atoms with Gasteiger partial charge in [0.25, 0.3) is 0 Å². The molecular formula is C21H36FeN7O9. The van der Waals surface area contributed by atoms with Crippen molar-refractivity contribution in [1.29, 1.82) is 0 Å². The molecule has 0 saturated heterocycles. The molecule has 0 unspecified atom stereocenters. The van der Waals surface area contributed by atoms with Crippen LogP contribution in [0.3, 0.4) is 0 Å². The van der Waals surface area contributed by atoms with Crippen molar-refractivity contribution >= 4 is 35.4 Å². The van der Waals surface area contributed by atoms with Crippen molar-refractivity contribution in [2.24, 2.45) is 0 Å². The summed E-state index contributed by atoms with van der Waals surface area (Å²) in [5.41, 5.74) is 0. The number of carbonyl (C=O) groups excluding carboxylic acids is 6. The summed E-state index contributed by atoms with van der Waals surface area (Å²) in [6.45, 7) is 7.71. The van der Waals surface area contributed by atoms with Crippen molar-refractivity contribution in [3.8, 4) is 0 Å². The normalized spacial score (nSPS) is 12.8. The second-order valence-corrected chi connectivity index (χ2v) is 8.28. The van der Waals surface area contributed by atoms with Crippen LogP contribution in [0.1, 0.15) is 41.5 Å². The standard InChI is InChI=1S/C21H36N7O9.Fe/c1-13(26(35)16(4)29)19(32)22-7-10-25(11-8-23-20(33)14(2)27(36)17(5)30)12-9-24-21(34)15(3)28(37)18(6)31;/h13-15H,7-12H2,1-6H3,(H,22,32)(H,23,33)(H,24,34);/q-3;+3/t13-,14-,15-;/m1./s1. The first-order chi connectivity index (χ1) is 17.1. The number of hydrogen-bond donors (Lipinski definition) is 3. The summed E-state index contributed by atoms with van der Waals surface area (Å²) in [5, 5.41) is 42.5. The predicted molar refractivity (Wildman–Crippen MR) is 132 cm³/mol. The Morgan fingerprint density at radius 2 is 0.763 bits per heavy atom. The average Bonchev–Trinajstić information content (AvgIpc) is 2.84. The molecule has 0 bridgehead atoms. The Morgan fingerprint density at radius 3 is 0.947 bits per heavy atom. The van der Waals surface area contributed by atoms with E-state index in [2.05, 4.69) is 16.0 Å². The van der Waals surface area contributed by atoms with Crippen LogP contribution in [0.2, 0.25) is 0 Å². The van der Waals surface area contributed by atoms with Gasteiger partial charge in [0, 0.05) is 60.0 Å². The number of hydroxylamine groups is 6. The molecule has 0 aliphatic heterocycles.